The first-order chi connectivity index (χ1) is 9.37. The second-order valence-corrected chi connectivity index (χ2v) is 5.65. The third kappa shape index (κ3) is 2.33. The van der Waals surface area contributed by atoms with E-state index in [4.69, 9.17) is 9.15 Å². The Morgan fingerprint density at radius 1 is 1.26 bits per heavy atom. The van der Waals surface area contributed by atoms with Crippen molar-refractivity contribution in [1.82, 2.24) is 10.2 Å². The molecular formula is C15H24N2O2. The van der Waals surface area contributed by atoms with E-state index in [1.807, 2.05) is 13.1 Å². The topological polar surface area (TPSA) is 37.6 Å². The van der Waals surface area contributed by atoms with E-state index in [1.165, 1.54) is 25.7 Å². The molecule has 4 nitrogen and oxygen atoms in total. The van der Waals surface area contributed by atoms with Crippen LogP contribution in [0.4, 0.5) is 0 Å². The summed E-state index contributed by atoms with van der Waals surface area (Å²) in [4.78, 5) is 2.63. The zero-order valence-electron chi connectivity index (χ0n) is 11.7. The Bertz CT molecular complexity index is 379. The van der Waals surface area contributed by atoms with E-state index >= 15 is 0 Å². The molecule has 106 valence electrons. The van der Waals surface area contributed by atoms with E-state index in [0.29, 0.717) is 0 Å². The van der Waals surface area contributed by atoms with Crippen LogP contribution in [0.5, 0.6) is 0 Å². The standard InChI is InChI=1S/C15H24N2O2/c1-16-14(13-5-4-10-19-13)15(6-2-3-7-15)17-8-11-18-12-9-17/h4-5,10,14,16H,2-3,6-9,11-12H2,1H3. The lowest BCUT2D eigenvalue weighted by Gasteiger charge is -2.47. The largest absolute Gasteiger partial charge is 0.468 e. The number of rotatable bonds is 4. The van der Waals surface area contributed by atoms with E-state index < -0.39 is 0 Å². The summed E-state index contributed by atoms with van der Waals surface area (Å²) in [5, 5.41) is 3.51. The molecule has 1 aliphatic heterocycles. The van der Waals surface area contributed by atoms with Crippen LogP contribution in [0.2, 0.25) is 0 Å². The van der Waals surface area contributed by atoms with Crippen molar-refractivity contribution in [2.75, 3.05) is 33.4 Å². The van der Waals surface area contributed by atoms with Crippen molar-refractivity contribution >= 4 is 0 Å². The summed E-state index contributed by atoms with van der Waals surface area (Å²) in [7, 11) is 2.05. The van der Waals surface area contributed by atoms with Crippen LogP contribution in [0.1, 0.15) is 37.5 Å². The molecule has 1 N–H and O–H groups in total. The van der Waals surface area contributed by atoms with Crippen LogP contribution in [0, 0.1) is 0 Å². The third-order valence-corrected chi connectivity index (χ3v) is 4.76. The molecule has 2 fully saturated rings. The first-order valence-electron chi connectivity index (χ1n) is 7.40. The molecule has 19 heavy (non-hydrogen) atoms. The highest BCUT2D eigenvalue weighted by molar-refractivity contribution is 5.15. The Hall–Kier alpha value is -0.840. The second kappa shape index (κ2) is 5.65. The predicted octanol–water partition coefficient (Wildman–Crippen LogP) is 2.19. The molecule has 1 saturated heterocycles. The van der Waals surface area contributed by atoms with Gasteiger partial charge in [-0.15, -0.1) is 0 Å². The summed E-state index contributed by atoms with van der Waals surface area (Å²) in [5.74, 6) is 1.07. The van der Waals surface area contributed by atoms with Gasteiger partial charge in [0.1, 0.15) is 5.76 Å². The van der Waals surface area contributed by atoms with Crippen molar-refractivity contribution in [3.05, 3.63) is 24.2 Å². The van der Waals surface area contributed by atoms with Crippen LogP contribution in [-0.2, 0) is 4.74 Å². The Labute approximate surface area is 115 Å². The van der Waals surface area contributed by atoms with Gasteiger partial charge < -0.3 is 14.5 Å². The second-order valence-electron chi connectivity index (χ2n) is 5.65. The number of nitrogens with zero attached hydrogens (tertiary/aromatic N) is 1. The van der Waals surface area contributed by atoms with Gasteiger partial charge in [0.25, 0.3) is 0 Å². The van der Waals surface area contributed by atoms with E-state index in [0.717, 1.165) is 32.1 Å². The number of morpholine rings is 1. The number of furan rings is 1. The number of ether oxygens (including phenoxy) is 1. The zero-order valence-corrected chi connectivity index (χ0v) is 11.7. The van der Waals surface area contributed by atoms with E-state index in [-0.39, 0.29) is 11.6 Å². The molecular weight excluding hydrogens is 240 g/mol. The molecule has 2 aliphatic rings. The van der Waals surface area contributed by atoms with Gasteiger partial charge in [-0.1, -0.05) is 12.8 Å². The van der Waals surface area contributed by atoms with Crippen LogP contribution in [0.25, 0.3) is 0 Å². The summed E-state index contributed by atoms with van der Waals surface area (Å²) in [6, 6.07) is 4.37. The smallest absolute Gasteiger partial charge is 0.122 e. The van der Waals surface area contributed by atoms with Gasteiger partial charge >= 0.3 is 0 Å². The van der Waals surface area contributed by atoms with Gasteiger partial charge in [0.15, 0.2) is 0 Å². The quantitative estimate of drug-likeness (QED) is 0.904. The monoisotopic (exact) mass is 264 g/mol. The Kier molecular flexibility index (Phi) is 3.91. The van der Waals surface area contributed by atoms with Crippen molar-refractivity contribution in [2.24, 2.45) is 0 Å². The molecule has 0 spiro atoms. The van der Waals surface area contributed by atoms with Crippen LogP contribution in [0.15, 0.2) is 22.8 Å². The van der Waals surface area contributed by atoms with Crippen LogP contribution < -0.4 is 5.32 Å². The van der Waals surface area contributed by atoms with Crippen molar-refractivity contribution in [2.45, 2.75) is 37.3 Å². The molecule has 0 amide bonds. The van der Waals surface area contributed by atoms with Crippen molar-refractivity contribution in [3.8, 4) is 0 Å². The molecule has 1 saturated carbocycles. The van der Waals surface area contributed by atoms with Crippen LogP contribution in [-0.4, -0.2) is 43.8 Å². The van der Waals surface area contributed by atoms with E-state index in [9.17, 15) is 0 Å². The molecule has 2 heterocycles. The Balaban J connectivity index is 1.89. The van der Waals surface area contributed by atoms with Gasteiger partial charge in [0, 0.05) is 18.6 Å². The minimum absolute atomic E-state index is 0.205. The Morgan fingerprint density at radius 3 is 2.58 bits per heavy atom. The molecule has 0 bridgehead atoms. The molecule has 1 aromatic heterocycles. The molecule has 1 aromatic rings. The lowest BCUT2D eigenvalue weighted by molar-refractivity contribution is -0.0381. The Morgan fingerprint density at radius 2 is 2.00 bits per heavy atom. The average molecular weight is 264 g/mol. The summed E-state index contributed by atoms with van der Waals surface area (Å²) in [5.41, 5.74) is 0.205. The van der Waals surface area contributed by atoms with Gasteiger partial charge in [-0.2, -0.15) is 0 Å². The van der Waals surface area contributed by atoms with E-state index in [1.54, 1.807) is 6.26 Å². The highest BCUT2D eigenvalue weighted by Crippen LogP contribution is 2.44. The highest BCUT2D eigenvalue weighted by atomic mass is 16.5. The fourth-order valence-electron chi connectivity index (χ4n) is 3.91. The van der Waals surface area contributed by atoms with Crippen molar-refractivity contribution in [1.29, 1.82) is 0 Å². The van der Waals surface area contributed by atoms with Crippen LogP contribution in [0.3, 0.4) is 0 Å². The minimum Gasteiger partial charge on any atom is -0.468 e. The number of hydrogen-bond acceptors (Lipinski definition) is 4. The molecule has 1 atom stereocenters. The lowest BCUT2D eigenvalue weighted by Crippen LogP contribution is -2.57. The predicted molar refractivity (Wildman–Crippen MR) is 74.1 cm³/mol. The van der Waals surface area contributed by atoms with E-state index in [2.05, 4.69) is 16.3 Å². The molecule has 1 unspecified atom stereocenters. The molecule has 4 heteroatoms. The summed E-state index contributed by atoms with van der Waals surface area (Å²) < 4.78 is 11.2. The first kappa shape index (κ1) is 13.2. The number of nitrogens with one attached hydrogen (secondary N) is 1. The maximum absolute atomic E-state index is 5.69. The molecule has 1 aliphatic carbocycles. The van der Waals surface area contributed by atoms with Gasteiger partial charge in [-0.3, -0.25) is 4.90 Å². The normalized spacial score (nSPS) is 25.5. The fourth-order valence-corrected chi connectivity index (χ4v) is 3.91. The third-order valence-electron chi connectivity index (χ3n) is 4.76. The van der Waals surface area contributed by atoms with Crippen LogP contribution >= 0.6 is 0 Å². The zero-order chi connectivity index (χ0) is 13.1. The van der Waals surface area contributed by atoms with Gasteiger partial charge in [0.2, 0.25) is 0 Å². The SMILES string of the molecule is CNC(c1ccco1)C1(N2CCOCC2)CCCC1. The lowest BCUT2D eigenvalue weighted by atomic mass is 9.84. The maximum atomic E-state index is 5.69. The number of likely N-dealkylation sites (N-methyl/N-ethyl adjacent to an activating group) is 1. The van der Waals surface area contributed by atoms with Crippen molar-refractivity contribution < 1.29 is 9.15 Å². The fraction of sp³-hybridized carbons (Fsp3) is 0.733. The van der Waals surface area contributed by atoms with Gasteiger partial charge in [0.05, 0.1) is 25.5 Å². The molecule has 0 radical (unpaired) electrons. The van der Waals surface area contributed by atoms with Crippen molar-refractivity contribution in [3.63, 3.8) is 0 Å². The summed E-state index contributed by atoms with van der Waals surface area (Å²) in [6.45, 7) is 3.80. The molecule has 0 aromatic carbocycles. The maximum Gasteiger partial charge on any atom is 0.122 e. The average Bonchev–Trinajstić information content (AvgIpc) is 3.13. The summed E-state index contributed by atoms with van der Waals surface area (Å²) in [6.07, 6.45) is 6.91. The number of hydrogen-bond donors (Lipinski definition) is 1. The first-order valence-corrected chi connectivity index (χ1v) is 7.40. The van der Waals surface area contributed by atoms with Gasteiger partial charge in [-0.25, -0.2) is 0 Å². The highest BCUT2D eigenvalue weighted by Gasteiger charge is 2.47. The van der Waals surface area contributed by atoms with Gasteiger partial charge in [-0.05, 0) is 32.0 Å². The summed E-state index contributed by atoms with van der Waals surface area (Å²) >= 11 is 0. The molecule has 3 rings (SSSR count). The minimum atomic E-state index is 0.205.